The molecule has 0 aliphatic heterocycles. The molecule has 0 heterocycles. The third-order valence-electron chi connectivity index (χ3n) is 2.85. The molecule has 19 heavy (non-hydrogen) atoms. The van der Waals surface area contributed by atoms with E-state index < -0.39 is 11.7 Å². The van der Waals surface area contributed by atoms with Gasteiger partial charge >= 0.3 is 6.18 Å². The summed E-state index contributed by atoms with van der Waals surface area (Å²) in [5.41, 5.74) is 1.19. The molecule has 0 amide bonds. The molecule has 2 aromatic rings. The molecule has 2 rings (SSSR count). The molecule has 0 spiro atoms. The molecule has 0 N–H and O–H groups in total. The summed E-state index contributed by atoms with van der Waals surface area (Å²) in [4.78, 5) is 0. The second-order valence-electron chi connectivity index (χ2n) is 4.27. The highest BCUT2D eigenvalue weighted by molar-refractivity contribution is 5.69. The maximum atomic E-state index is 13.1. The first kappa shape index (κ1) is 13.2. The molecule has 0 saturated heterocycles. The molecule has 0 radical (unpaired) electrons. The van der Waals surface area contributed by atoms with Crippen LogP contribution in [0.5, 0.6) is 0 Å². The van der Waals surface area contributed by atoms with E-state index in [1.54, 1.807) is 24.3 Å². The van der Waals surface area contributed by atoms with Crippen molar-refractivity contribution in [2.24, 2.45) is 0 Å². The van der Waals surface area contributed by atoms with E-state index in [1.165, 1.54) is 12.1 Å². The predicted molar refractivity (Wildman–Crippen MR) is 69.6 cm³/mol. The average molecular weight is 260 g/mol. The first-order valence-corrected chi connectivity index (χ1v) is 5.67. The zero-order chi connectivity index (χ0) is 14.0. The highest BCUT2D eigenvalue weighted by Gasteiger charge is 2.33. The minimum absolute atomic E-state index is 0.145. The monoisotopic (exact) mass is 260 g/mol. The zero-order valence-electron chi connectivity index (χ0n) is 10.3. The van der Waals surface area contributed by atoms with E-state index in [0.717, 1.165) is 11.6 Å². The van der Waals surface area contributed by atoms with Gasteiger partial charge in [-0.3, -0.25) is 0 Å². The van der Waals surface area contributed by atoms with Crippen molar-refractivity contribution < 1.29 is 13.2 Å². The van der Waals surface area contributed by atoms with E-state index in [4.69, 9.17) is 6.42 Å². The fourth-order valence-corrected chi connectivity index (χ4v) is 1.85. The summed E-state index contributed by atoms with van der Waals surface area (Å²) in [6.07, 6.45) is 0.730. The summed E-state index contributed by atoms with van der Waals surface area (Å²) in [6, 6.07) is 10.9. The van der Waals surface area contributed by atoms with Gasteiger partial charge in [-0.2, -0.15) is 13.2 Å². The van der Waals surface area contributed by atoms with Gasteiger partial charge in [0.1, 0.15) is 0 Å². The Kier molecular flexibility index (Phi) is 3.35. The summed E-state index contributed by atoms with van der Waals surface area (Å²) < 4.78 is 39.2. The van der Waals surface area contributed by atoms with Gasteiger partial charge in [0.05, 0.1) is 5.56 Å². The van der Waals surface area contributed by atoms with Crippen molar-refractivity contribution in [1.29, 1.82) is 0 Å². The first-order valence-electron chi connectivity index (χ1n) is 5.67. The topological polar surface area (TPSA) is 0 Å². The van der Waals surface area contributed by atoms with Crippen LogP contribution < -0.4 is 0 Å². The molecule has 0 fully saturated rings. The van der Waals surface area contributed by atoms with Crippen molar-refractivity contribution in [3.63, 3.8) is 0 Å². The van der Waals surface area contributed by atoms with Crippen LogP contribution >= 0.6 is 0 Å². The standard InChI is InChI=1S/C16H11F3/c1-3-12-6-9-14(15(10-12)16(17,18)19)13-7-4-11(2)5-8-13/h1,4-10H,2H3. The fourth-order valence-electron chi connectivity index (χ4n) is 1.85. The SMILES string of the molecule is C#Cc1ccc(-c2ccc(C)cc2)c(C(F)(F)F)c1. The molecule has 0 aliphatic rings. The Hall–Kier alpha value is -2.21. The number of hydrogen-bond acceptors (Lipinski definition) is 0. The van der Waals surface area contributed by atoms with Gasteiger partial charge in [0, 0.05) is 5.56 Å². The minimum atomic E-state index is -4.42. The van der Waals surface area contributed by atoms with Crippen molar-refractivity contribution >= 4 is 0 Å². The Balaban J connectivity index is 2.63. The Bertz CT molecular complexity index is 629. The maximum absolute atomic E-state index is 13.1. The van der Waals surface area contributed by atoms with Crippen molar-refractivity contribution in [2.75, 3.05) is 0 Å². The quantitative estimate of drug-likeness (QED) is 0.654. The van der Waals surface area contributed by atoms with Gasteiger partial charge in [-0.15, -0.1) is 6.42 Å². The molecule has 3 heteroatoms. The van der Waals surface area contributed by atoms with E-state index >= 15 is 0 Å². The maximum Gasteiger partial charge on any atom is 0.417 e. The van der Waals surface area contributed by atoms with Crippen LogP contribution in [0.25, 0.3) is 11.1 Å². The molecule has 0 aromatic heterocycles. The Morgan fingerprint density at radius 1 is 1.00 bits per heavy atom. The molecule has 2 aromatic carbocycles. The number of alkyl halides is 3. The van der Waals surface area contributed by atoms with Gasteiger partial charge in [0.2, 0.25) is 0 Å². The molecule has 0 nitrogen and oxygen atoms in total. The van der Waals surface area contributed by atoms with E-state index in [9.17, 15) is 13.2 Å². The molecule has 0 saturated carbocycles. The van der Waals surface area contributed by atoms with E-state index in [2.05, 4.69) is 5.92 Å². The van der Waals surface area contributed by atoms with Crippen LogP contribution in [0.2, 0.25) is 0 Å². The number of benzene rings is 2. The fraction of sp³-hybridized carbons (Fsp3) is 0.125. The zero-order valence-corrected chi connectivity index (χ0v) is 10.3. The Morgan fingerprint density at radius 3 is 2.16 bits per heavy atom. The van der Waals surface area contributed by atoms with Crippen LogP contribution in [0, 0.1) is 19.3 Å². The highest BCUT2D eigenvalue weighted by atomic mass is 19.4. The number of halogens is 3. The largest absolute Gasteiger partial charge is 0.417 e. The molecular weight excluding hydrogens is 249 g/mol. The summed E-state index contributed by atoms with van der Waals surface area (Å²) in [5.74, 6) is 2.23. The summed E-state index contributed by atoms with van der Waals surface area (Å²) in [7, 11) is 0. The molecule has 0 aliphatic carbocycles. The van der Waals surface area contributed by atoms with Crippen molar-refractivity contribution in [3.05, 3.63) is 59.2 Å². The van der Waals surface area contributed by atoms with Crippen molar-refractivity contribution in [1.82, 2.24) is 0 Å². The average Bonchev–Trinajstić information content (AvgIpc) is 2.38. The van der Waals surface area contributed by atoms with Gasteiger partial charge in [-0.1, -0.05) is 41.8 Å². The van der Waals surface area contributed by atoms with E-state index in [0.29, 0.717) is 5.56 Å². The molecule has 0 atom stereocenters. The Labute approximate surface area is 109 Å². The predicted octanol–water partition coefficient (Wildman–Crippen LogP) is 4.66. The second kappa shape index (κ2) is 4.81. The van der Waals surface area contributed by atoms with Gasteiger partial charge in [0.15, 0.2) is 0 Å². The van der Waals surface area contributed by atoms with Gasteiger partial charge in [0.25, 0.3) is 0 Å². The smallest absolute Gasteiger partial charge is 0.166 e. The normalized spacial score (nSPS) is 11.1. The van der Waals surface area contributed by atoms with Crippen LogP contribution in [0.4, 0.5) is 13.2 Å². The summed E-state index contributed by atoms with van der Waals surface area (Å²) >= 11 is 0. The van der Waals surface area contributed by atoms with Crippen LogP contribution in [-0.2, 0) is 6.18 Å². The lowest BCUT2D eigenvalue weighted by atomic mass is 9.96. The molecule has 0 unspecified atom stereocenters. The molecular formula is C16H11F3. The third kappa shape index (κ3) is 2.79. The number of hydrogen-bond donors (Lipinski definition) is 0. The van der Waals surface area contributed by atoms with E-state index in [1.807, 2.05) is 6.92 Å². The second-order valence-corrected chi connectivity index (χ2v) is 4.27. The van der Waals surface area contributed by atoms with Crippen LogP contribution in [0.1, 0.15) is 16.7 Å². The minimum Gasteiger partial charge on any atom is -0.166 e. The van der Waals surface area contributed by atoms with Crippen LogP contribution in [-0.4, -0.2) is 0 Å². The Morgan fingerprint density at radius 2 is 1.63 bits per heavy atom. The summed E-state index contributed by atoms with van der Waals surface area (Å²) in [5, 5.41) is 0. The van der Waals surface area contributed by atoms with Crippen LogP contribution in [0.15, 0.2) is 42.5 Å². The lowest BCUT2D eigenvalue weighted by molar-refractivity contribution is -0.137. The highest BCUT2D eigenvalue weighted by Crippen LogP contribution is 2.37. The number of terminal acetylenes is 1. The summed E-state index contributed by atoms with van der Waals surface area (Å²) in [6.45, 7) is 1.88. The van der Waals surface area contributed by atoms with Crippen LogP contribution in [0.3, 0.4) is 0 Å². The van der Waals surface area contributed by atoms with Gasteiger partial charge in [-0.05, 0) is 30.2 Å². The molecule has 0 bridgehead atoms. The van der Waals surface area contributed by atoms with Crippen molar-refractivity contribution in [3.8, 4) is 23.5 Å². The van der Waals surface area contributed by atoms with Crippen molar-refractivity contribution in [2.45, 2.75) is 13.1 Å². The van der Waals surface area contributed by atoms with E-state index in [-0.39, 0.29) is 11.1 Å². The van der Waals surface area contributed by atoms with Gasteiger partial charge in [-0.25, -0.2) is 0 Å². The first-order chi connectivity index (χ1) is 8.91. The lowest BCUT2D eigenvalue weighted by Crippen LogP contribution is -2.07. The number of rotatable bonds is 1. The van der Waals surface area contributed by atoms with Gasteiger partial charge < -0.3 is 0 Å². The lowest BCUT2D eigenvalue weighted by Gasteiger charge is -2.13. The third-order valence-corrected chi connectivity index (χ3v) is 2.85. The molecule has 96 valence electrons. The number of aryl methyl sites for hydroxylation is 1.